The Balaban J connectivity index is 2.79. The fraction of sp³-hybridized carbons (Fsp3) is 0.385. The van der Waals surface area contributed by atoms with Crippen LogP contribution in [0.5, 0.6) is 0 Å². The van der Waals surface area contributed by atoms with Crippen molar-refractivity contribution in [2.75, 3.05) is 0 Å². The van der Waals surface area contributed by atoms with E-state index in [0.29, 0.717) is 6.42 Å². The first kappa shape index (κ1) is 15.5. The number of nitrogens with one attached hydrogen (secondary N) is 1. The predicted octanol–water partition coefficient (Wildman–Crippen LogP) is 2.28. The first-order valence-corrected chi connectivity index (χ1v) is 6.24. The predicted molar refractivity (Wildman–Crippen MR) is 73.4 cm³/mol. The maximum Gasteiger partial charge on any atom is 0.233 e. The van der Waals surface area contributed by atoms with E-state index in [1.54, 1.807) is 13.8 Å². The summed E-state index contributed by atoms with van der Waals surface area (Å²) < 4.78 is 26.4. The number of nitrogens with two attached hydrogens (primary N) is 1. The van der Waals surface area contributed by atoms with Gasteiger partial charge in [-0.1, -0.05) is 19.1 Å². The number of hydrogen-bond donors (Lipinski definition) is 2. The summed E-state index contributed by atoms with van der Waals surface area (Å²) in [6.45, 7) is 3.29. The van der Waals surface area contributed by atoms with E-state index in [4.69, 9.17) is 18.0 Å². The molecule has 1 atom stereocenters. The van der Waals surface area contributed by atoms with Gasteiger partial charge in [0.25, 0.3) is 0 Å². The SMILES string of the molecule is CCC(C)(C(=O)NCc1cc(F)ccc1F)C(N)=S. The molecule has 104 valence electrons. The molecule has 0 radical (unpaired) electrons. The lowest BCUT2D eigenvalue weighted by atomic mass is 9.86. The minimum absolute atomic E-state index is 0.0761. The lowest BCUT2D eigenvalue weighted by Crippen LogP contribution is -2.46. The van der Waals surface area contributed by atoms with Gasteiger partial charge in [0.2, 0.25) is 5.91 Å². The minimum Gasteiger partial charge on any atom is -0.392 e. The molecule has 0 aromatic heterocycles. The standard InChI is InChI=1S/C13H16F2N2OS/c1-3-13(2,11(16)19)12(18)17-7-8-6-9(14)4-5-10(8)15/h4-6H,3,7H2,1-2H3,(H2,16,19)(H,17,18). The van der Waals surface area contributed by atoms with Crippen LogP contribution in [0.15, 0.2) is 18.2 Å². The van der Waals surface area contributed by atoms with Gasteiger partial charge in [-0.2, -0.15) is 0 Å². The Morgan fingerprint density at radius 1 is 1.47 bits per heavy atom. The zero-order valence-corrected chi connectivity index (χ0v) is 11.6. The number of benzene rings is 1. The fourth-order valence-electron chi connectivity index (χ4n) is 1.50. The third kappa shape index (κ3) is 3.47. The highest BCUT2D eigenvalue weighted by Gasteiger charge is 2.34. The zero-order valence-electron chi connectivity index (χ0n) is 10.8. The fourth-order valence-corrected chi connectivity index (χ4v) is 1.73. The van der Waals surface area contributed by atoms with Crippen LogP contribution in [0.25, 0.3) is 0 Å². The molecule has 0 saturated heterocycles. The van der Waals surface area contributed by atoms with Gasteiger partial charge in [0.05, 0.1) is 10.4 Å². The van der Waals surface area contributed by atoms with E-state index in [0.717, 1.165) is 18.2 Å². The molecule has 6 heteroatoms. The van der Waals surface area contributed by atoms with Gasteiger partial charge >= 0.3 is 0 Å². The molecule has 0 heterocycles. The number of hydrogen-bond acceptors (Lipinski definition) is 2. The van der Waals surface area contributed by atoms with Crippen LogP contribution in [-0.2, 0) is 11.3 Å². The summed E-state index contributed by atoms with van der Waals surface area (Å²) in [7, 11) is 0. The zero-order chi connectivity index (χ0) is 14.6. The van der Waals surface area contributed by atoms with Crippen LogP contribution in [-0.4, -0.2) is 10.9 Å². The maximum atomic E-state index is 13.4. The summed E-state index contributed by atoms with van der Waals surface area (Å²) in [5, 5.41) is 2.53. The largest absolute Gasteiger partial charge is 0.392 e. The second-order valence-electron chi connectivity index (χ2n) is 4.47. The van der Waals surface area contributed by atoms with E-state index in [2.05, 4.69) is 5.32 Å². The highest BCUT2D eigenvalue weighted by molar-refractivity contribution is 7.80. The van der Waals surface area contributed by atoms with Crippen molar-refractivity contribution in [3.63, 3.8) is 0 Å². The van der Waals surface area contributed by atoms with Crippen LogP contribution in [0.1, 0.15) is 25.8 Å². The van der Waals surface area contributed by atoms with Crippen LogP contribution < -0.4 is 11.1 Å². The quantitative estimate of drug-likeness (QED) is 0.817. The van der Waals surface area contributed by atoms with Gasteiger partial charge in [0.1, 0.15) is 11.6 Å². The van der Waals surface area contributed by atoms with Gasteiger partial charge in [0.15, 0.2) is 0 Å². The maximum absolute atomic E-state index is 13.4. The van der Waals surface area contributed by atoms with Gasteiger partial charge in [-0.05, 0) is 31.5 Å². The number of carbonyl (C=O) groups is 1. The van der Waals surface area contributed by atoms with E-state index >= 15 is 0 Å². The molecular weight excluding hydrogens is 270 g/mol. The second-order valence-corrected chi connectivity index (χ2v) is 4.91. The van der Waals surface area contributed by atoms with Crippen molar-refractivity contribution in [2.24, 2.45) is 11.1 Å². The van der Waals surface area contributed by atoms with E-state index < -0.39 is 23.0 Å². The normalized spacial score (nSPS) is 13.7. The lowest BCUT2D eigenvalue weighted by Gasteiger charge is -2.25. The van der Waals surface area contributed by atoms with Crippen LogP contribution in [0, 0.1) is 17.0 Å². The van der Waals surface area contributed by atoms with Crippen molar-refractivity contribution in [1.82, 2.24) is 5.32 Å². The van der Waals surface area contributed by atoms with Gasteiger partial charge < -0.3 is 11.1 Å². The topological polar surface area (TPSA) is 55.1 Å². The number of rotatable bonds is 5. The highest BCUT2D eigenvalue weighted by atomic mass is 32.1. The lowest BCUT2D eigenvalue weighted by molar-refractivity contribution is -0.127. The third-order valence-electron chi connectivity index (χ3n) is 3.20. The molecule has 1 aromatic rings. The van der Waals surface area contributed by atoms with Gasteiger partial charge in [0, 0.05) is 12.1 Å². The Labute approximate surface area is 116 Å². The van der Waals surface area contributed by atoms with Crippen molar-refractivity contribution in [2.45, 2.75) is 26.8 Å². The average molecular weight is 286 g/mol. The average Bonchev–Trinajstić information content (AvgIpc) is 2.38. The number of carbonyl (C=O) groups excluding carboxylic acids is 1. The molecule has 0 bridgehead atoms. The second kappa shape index (κ2) is 6.06. The van der Waals surface area contributed by atoms with Gasteiger partial charge in [-0.15, -0.1) is 0 Å². The molecule has 1 rings (SSSR count). The van der Waals surface area contributed by atoms with Crippen LogP contribution in [0.4, 0.5) is 8.78 Å². The Kier molecular flexibility index (Phi) is 4.94. The van der Waals surface area contributed by atoms with Crippen molar-refractivity contribution in [1.29, 1.82) is 0 Å². The van der Waals surface area contributed by atoms with Crippen molar-refractivity contribution in [3.8, 4) is 0 Å². The van der Waals surface area contributed by atoms with Crippen molar-refractivity contribution >= 4 is 23.1 Å². The molecule has 19 heavy (non-hydrogen) atoms. The molecule has 1 amide bonds. The number of halogens is 2. The smallest absolute Gasteiger partial charge is 0.233 e. The van der Waals surface area contributed by atoms with Gasteiger partial charge in [-0.25, -0.2) is 8.78 Å². The minimum atomic E-state index is -0.987. The van der Waals surface area contributed by atoms with Crippen LogP contribution >= 0.6 is 12.2 Å². The summed E-state index contributed by atoms with van der Waals surface area (Å²) in [5.74, 6) is -1.53. The summed E-state index contributed by atoms with van der Waals surface area (Å²) in [6, 6.07) is 3.08. The van der Waals surface area contributed by atoms with Crippen molar-refractivity contribution < 1.29 is 13.6 Å². The monoisotopic (exact) mass is 286 g/mol. The number of amides is 1. The molecule has 3 N–H and O–H groups in total. The van der Waals surface area contributed by atoms with E-state index in [1.807, 2.05) is 0 Å². The molecule has 0 fully saturated rings. The van der Waals surface area contributed by atoms with Gasteiger partial charge in [-0.3, -0.25) is 4.79 Å². The molecule has 0 aliphatic carbocycles. The third-order valence-corrected chi connectivity index (χ3v) is 3.65. The summed E-state index contributed by atoms with van der Waals surface area (Å²) >= 11 is 4.87. The van der Waals surface area contributed by atoms with E-state index in [9.17, 15) is 13.6 Å². The van der Waals surface area contributed by atoms with Crippen LogP contribution in [0.2, 0.25) is 0 Å². The van der Waals surface area contributed by atoms with E-state index in [1.165, 1.54) is 0 Å². The summed E-state index contributed by atoms with van der Waals surface area (Å²) in [4.78, 5) is 12.1. The molecule has 0 aliphatic heterocycles. The highest BCUT2D eigenvalue weighted by Crippen LogP contribution is 2.22. The van der Waals surface area contributed by atoms with E-state index in [-0.39, 0.29) is 17.1 Å². The molecule has 3 nitrogen and oxygen atoms in total. The van der Waals surface area contributed by atoms with Crippen molar-refractivity contribution in [3.05, 3.63) is 35.4 Å². The first-order valence-electron chi connectivity index (χ1n) is 5.83. The molecule has 1 unspecified atom stereocenters. The summed E-state index contributed by atoms with van der Waals surface area (Å²) in [6.07, 6.45) is 0.430. The molecule has 1 aromatic carbocycles. The Morgan fingerprint density at radius 3 is 2.63 bits per heavy atom. The number of thiocarbonyl (C=S) groups is 1. The summed E-state index contributed by atoms with van der Waals surface area (Å²) in [5.41, 5.74) is 4.63. The molecule has 0 aliphatic rings. The molecular formula is C13H16F2N2OS. The molecule has 0 saturated carbocycles. The van der Waals surface area contributed by atoms with Crippen LogP contribution in [0.3, 0.4) is 0 Å². The Morgan fingerprint density at radius 2 is 2.11 bits per heavy atom. The first-order chi connectivity index (χ1) is 8.81. The Hall–Kier alpha value is -1.56. The molecule has 0 spiro atoms. The Bertz CT molecular complexity index is 507.